The number of benzene rings is 1. The number of rotatable bonds is 6. The Morgan fingerprint density at radius 1 is 1.09 bits per heavy atom. The molecule has 0 aliphatic carbocycles. The number of alkyl halides is 3. The zero-order valence-corrected chi connectivity index (χ0v) is 20.2. The van der Waals surface area contributed by atoms with E-state index in [2.05, 4.69) is 4.98 Å². The van der Waals surface area contributed by atoms with Gasteiger partial charge in [0.2, 0.25) is 0 Å². The van der Waals surface area contributed by atoms with Crippen LogP contribution in [0.5, 0.6) is 5.75 Å². The van der Waals surface area contributed by atoms with Crippen LogP contribution in [0.3, 0.4) is 0 Å². The molecule has 184 valence electrons. The standard InChI is InChI=1S/C24H28F3N3O3S/c1-23(2,16-24(25,26)27)29-11-9-18(10-12-29)33-19-4-7-22(28-15-19)30-13-8-17-14-20(34(3,31)32)5-6-21(17)30/h4-8,13-15,18H,9-12,16H2,1-3H3. The number of fused-ring (bicyclic) bond motifs is 1. The largest absolute Gasteiger partial charge is 0.489 e. The Kier molecular flexibility index (Phi) is 6.41. The third kappa shape index (κ3) is 5.55. The average molecular weight is 496 g/mol. The third-order valence-electron chi connectivity index (χ3n) is 6.29. The predicted octanol–water partition coefficient (Wildman–Crippen LogP) is 5.00. The summed E-state index contributed by atoms with van der Waals surface area (Å²) in [5.41, 5.74) is -0.101. The maximum atomic E-state index is 12.9. The van der Waals surface area contributed by atoms with Gasteiger partial charge in [-0.25, -0.2) is 13.4 Å². The zero-order chi connectivity index (χ0) is 24.7. The van der Waals surface area contributed by atoms with Gasteiger partial charge in [0, 0.05) is 36.5 Å². The minimum absolute atomic E-state index is 0.0765. The Balaban J connectivity index is 1.40. The molecule has 0 unspecified atom stereocenters. The molecule has 0 N–H and O–H groups in total. The highest BCUT2D eigenvalue weighted by Crippen LogP contribution is 2.33. The number of pyridine rings is 1. The molecule has 1 aliphatic heterocycles. The van der Waals surface area contributed by atoms with Crippen molar-refractivity contribution in [2.45, 2.75) is 55.8 Å². The number of aromatic nitrogens is 2. The second-order valence-corrected chi connectivity index (χ2v) is 11.5. The molecule has 0 saturated carbocycles. The molecule has 2 aromatic heterocycles. The van der Waals surface area contributed by atoms with E-state index in [1.54, 1.807) is 38.2 Å². The van der Waals surface area contributed by atoms with Crippen LogP contribution in [0, 0.1) is 0 Å². The van der Waals surface area contributed by atoms with Gasteiger partial charge in [0.1, 0.15) is 17.7 Å². The first-order valence-electron chi connectivity index (χ1n) is 11.1. The lowest BCUT2D eigenvalue weighted by atomic mass is 9.94. The van der Waals surface area contributed by atoms with Gasteiger partial charge in [-0.2, -0.15) is 13.2 Å². The molecule has 3 heterocycles. The Bertz CT molecular complexity index is 1260. The molecular formula is C24H28F3N3O3S. The fourth-order valence-electron chi connectivity index (χ4n) is 4.51. The van der Waals surface area contributed by atoms with Crippen LogP contribution in [-0.4, -0.2) is 60.0 Å². The van der Waals surface area contributed by atoms with Crippen LogP contribution >= 0.6 is 0 Å². The summed E-state index contributed by atoms with van der Waals surface area (Å²) in [5.74, 6) is 1.27. The number of piperidine rings is 1. The summed E-state index contributed by atoms with van der Waals surface area (Å²) in [6, 6.07) is 10.4. The summed E-state index contributed by atoms with van der Waals surface area (Å²) in [4.78, 5) is 6.64. The maximum Gasteiger partial charge on any atom is 0.390 e. The molecule has 34 heavy (non-hydrogen) atoms. The normalized spacial score (nSPS) is 16.8. The SMILES string of the molecule is CC(C)(CC(F)(F)F)N1CCC(Oc2ccc(-n3ccc4cc(S(C)(=O)=O)ccc43)nc2)CC1. The monoisotopic (exact) mass is 495 g/mol. The molecular weight excluding hydrogens is 467 g/mol. The smallest absolute Gasteiger partial charge is 0.390 e. The van der Waals surface area contributed by atoms with Crippen molar-refractivity contribution in [1.29, 1.82) is 0 Å². The predicted molar refractivity (Wildman–Crippen MR) is 124 cm³/mol. The highest BCUT2D eigenvalue weighted by molar-refractivity contribution is 7.90. The minimum atomic E-state index is -4.19. The van der Waals surface area contributed by atoms with E-state index in [0.29, 0.717) is 37.5 Å². The lowest BCUT2D eigenvalue weighted by Gasteiger charge is -2.43. The van der Waals surface area contributed by atoms with Gasteiger partial charge in [-0.1, -0.05) is 0 Å². The molecule has 1 aromatic carbocycles. The molecule has 0 atom stereocenters. The summed E-state index contributed by atoms with van der Waals surface area (Å²) in [7, 11) is -3.28. The molecule has 4 rings (SSSR count). The number of hydrogen-bond donors (Lipinski definition) is 0. The van der Waals surface area contributed by atoms with Gasteiger partial charge in [-0.05, 0) is 63.1 Å². The van der Waals surface area contributed by atoms with Gasteiger partial charge in [-0.3, -0.25) is 4.90 Å². The van der Waals surface area contributed by atoms with Gasteiger partial charge in [0.15, 0.2) is 9.84 Å². The Labute approximate surface area is 197 Å². The first-order chi connectivity index (χ1) is 15.8. The van der Waals surface area contributed by atoms with Crippen molar-refractivity contribution in [3.63, 3.8) is 0 Å². The molecule has 1 saturated heterocycles. The van der Waals surface area contributed by atoms with Crippen LogP contribution in [-0.2, 0) is 9.84 Å². The molecule has 0 bridgehead atoms. The maximum absolute atomic E-state index is 12.9. The average Bonchev–Trinajstić information content (AvgIpc) is 3.16. The summed E-state index contributed by atoms with van der Waals surface area (Å²) >= 11 is 0. The van der Waals surface area contributed by atoms with E-state index >= 15 is 0 Å². The number of likely N-dealkylation sites (tertiary alicyclic amines) is 1. The lowest BCUT2D eigenvalue weighted by Crippen LogP contribution is -2.51. The topological polar surface area (TPSA) is 64.4 Å². The molecule has 6 nitrogen and oxygen atoms in total. The van der Waals surface area contributed by atoms with Crippen LogP contribution in [0.2, 0.25) is 0 Å². The fourth-order valence-corrected chi connectivity index (χ4v) is 5.17. The van der Waals surface area contributed by atoms with Gasteiger partial charge in [0.05, 0.1) is 23.0 Å². The first-order valence-corrected chi connectivity index (χ1v) is 13.0. The number of hydrogen-bond acceptors (Lipinski definition) is 5. The second kappa shape index (κ2) is 8.88. The molecule has 0 spiro atoms. The minimum Gasteiger partial charge on any atom is -0.489 e. The quantitative estimate of drug-likeness (QED) is 0.481. The Morgan fingerprint density at radius 2 is 1.79 bits per heavy atom. The van der Waals surface area contributed by atoms with Crippen LogP contribution in [0.1, 0.15) is 33.1 Å². The summed E-state index contributed by atoms with van der Waals surface area (Å²) in [6.07, 6.45) is 0.837. The summed E-state index contributed by atoms with van der Waals surface area (Å²) < 4.78 is 70.1. The van der Waals surface area contributed by atoms with Gasteiger partial charge < -0.3 is 9.30 Å². The van der Waals surface area contributed by atoms with Crippen LogP contribution in [0.4, 0.5) is 13.2 Å². The van der Waals surface area contributed by atoms with Crippen LogP contribution in [0.25, 0.3) is 16.7 Å². The van der Waals surface area contributed by atoms with Crippen molar-refractivity contribution in [3.8, 4) is 11.6 Å². The highest BCUT2D eigenvalue weighted by Gasteiger charge is 2.41. The van der Waals surface area contributed by atoms with E-state index in [1.807, 2.05) is 33.9 Å². The zero-order valence-electron chi connectivity index (χ0n) is 19.3. The van der Waals surface area contributed by atoms with Crippen molar-refractivity contribution in [2.24, 2.45) is 0 Å². The van der Waals surface area contributed by atoms with Gasteiger partial charge in [-0.15, -0.1) is 0 Å². The molecule has 0 radical (unpaired) electrons. The third-order valence-corrected chi connectivity index (χ3v) is 7.40. The Morgan fingerprint density at radius 3 is 2.38 bits per heavy atom. The van der Waals surface area contributed by atoms with E-state index in [0.717, 1.165) is 10.9 Å². The fraction of sp³-hybridized carbons (Fsp3) is 0.458. The van der Waals surface area contributed by atoms with Crippen molar-refractivity contribution in [2.75, 3.05) is 19.3 Å². The second-order valence-electron chi connectivity index (χ2n) is 9.44. The van der Waals surface area contributed by atoms with E-state index < -0.39 is 28.0 Å². The van der Waals surface area contributed by atoms with Gasteiger partial charge >= 0.3 is 6.18 Å². The van der Waals surface area contributed by atoms with Crippen molar-refractivity contribution in [3.05, 3.63) is 48.8 Å². The summed E-state index contributed by atoms with van der Waals surface area (Å²) in [6.45, 7) is 4.36. The molecule has 0 amide bonds. The van der Waals surface area contributed by atoms with Gasteiger partial charge in [0.25, 0.3) is 0 Å². The van der Waals surface area contributed by atoms with Crippen LogP contribution in [0.15, 0.2) is 53.7 Å². The van der Waals surface area contributed by atoms with E-state index in [4.69, 9.17) is 4.74 Å². The van der Waals surface area contributed by atoms with E-state index in [1.165, 1.54) is 6.26 Å². The molecule has 1 aliphatic rings. The van der Waals surface area contributed by atoms with E-state index in [-0.39, 0.29) is 11.0 Å². The number of halogens is 3. The highest BCUT2D eigenvalue weighted by atomic mass is 32.2. The number of nitrogens with zero attached hydrogens (tertiary/aromatic N) is 3. The molecule has 3 aromatic rings. The molecule has 10 heteroatoms. The van der Waals surface area contributed by atoms with Crippen molar-refractivity contribution >= 4 is 20.7 Å². The summed E-state index contributed by atoms with van der Waals surface area (Å²) in [5, 5.41) is 0.797. The van der Waals surface area contributed by atoms with Crippen molar-refractivity contribution < 1.29 is 26.3 Å². The van der Waals surface area contributed by atoms with E-state index in [9.17, 15) is 21.6 Å². The first kappa shape index (κ1) is 24.5. The number of ether oxygens (including phenoxy) is 1. The number of sulfone groups is 1. The Hall–Kier alpha value is -2.59. The molecule has 1 fully saturated rings. The van der Waals surface area contributed by atoms with Crippen molar-refractivity contribution in [1.82, 2.24) is 14.5 Å². The van der Waals surface area contributed by atoms with Crippen LogP contribution < -0.4 is 4.74 Å². The lowest BCUT2D eigenvalue weighted by molar-refractivity contribution is -0.161.